The average Bonchev–Trinajstić information content (AvgIpc) is 2.37. The fourth-order valence-corrected chi connectivity index (χ4v) is 4.00. The quantitative estimate of drug-likeness (QED) is 0.823. The van der Waals surface area contributed by atoms with Crippen molar-refractivity contribution in [2.45, 2.75) is 75.6 Å². The molecule has 1 N–H and O–H groups in total. The molecule has 3 atom stereocenters. The van der Waals surface area contributed by atoms with Crippen LogP contribution < -0.4 is 0 Å². The second-order valence-electron chi connectivity index (χ2n) is 6.53. The molecule has 1 spiro atoms. The predicted molar refractivity (Wildman–Crippen MR) is 69.5 cm³/mol. The molecule has 0 aromatic carbocycles. The zero-order valence-electron chi connectivity index (χ0n) is 11.5. The second-order valence-corrected chi connectivity index (χ2v) is 6.53. The van der Waals surface area contributed by atoms with Gasteiger partial charge in [-0.3, -0.25) is 0 Å². The normalized spacial score (nSPS) is 43.7. The van der Waals surface area contributed by atoms with Gasteiger partial charge in [0.25, 0.3) is 0 Å². The molecule has 0 bridgehead atoms. The molecule has 2 aliphatic heterocycles. The Bertz CT molecular complexity index is 300. The topological polar surface area (TPSA) is 38.7 Å². The Hall–Kier alpha value is -0.120. The van der Waals surface area contributed by atoms with Crippen LogP contribution in [0.4, 0.5) is 0 Å². The Labute approximate surface area is 110 Å². The number of ether oxygens (including phenoxy) is 2. The number of rotatable bonds is 2. The summed E-state index contributed by atoms with van der Waals surface area (Å²) < 4.78 is 11.7. The molecule has 2 heterocycles. The van der Waals surface area contributed by atoms with Crippen molar-refractivity contribution in [3.63, 3.8) is 0 Å². The number of aliphatic hydroxyl groups is 1. The summed E-state index contributed by atoms with van der Waals surface area (Å²) in [5, 5.41) is 11.0. The van der Waals surface area contributed by atoms with Gasteiger partial charge in [0.1, 0.15) is 0 Å². The first kappa shape index (κ1) is 12.9. The third-order valence-electron chi connectivity index (χ3n) is 5.44. The van der Waals surface area contributed by atoms with E-state index in [0.717, 1.165) is 45.3 Å². The number of hydrogen-bond donors (Lipinski definition) is 1. The van der Waals surface area contributed by atoms with E-state index in [1.807, 2.05) is 0 Å². The maximum absolute atomic E-state index is 11.0. The molecule has 3 nitrogen and oxygen atoms in total. The van der Waals surface area contributed by atoms with Crippen LogP contribution in [0.1, 0.15) is 58.3 Å². The molecular formula is C15H26O3. The third kappa shape index (κ3) is 2.21. The van der Waals surface area contributed by atoms with Gasteiger partial charge < -0.3 is 14.6 Å². The molecule has 104 valence electrons. The van der Waals surface area contributed by atoms with Crippen LogP contribution >= 0.6 is 0 Å². The molecule has 3 unspecified atom stereocenters. The van der Waals surface area contributed by atoms with Gasteiger partial charge in [-0.2, -0.15) is 0 Å². The smallest absolute Gasteiger partial charge is 0.0724 e. The Morgan fingerprint density at radius 2 is 2.00 bits per heavy atom. The molecule has 1 aliphatic carbocycles. The van der Waals surface area contributed by atoms with Crippen molar-refractivity contribution in [1.29, 1.82) is 0 Å². The SMILES string of the molecule is CCC1CC(O)(C2CCOC3(CCC3)C2)CCO1. The monoisotopic (exact) mass is 254 g/mol. The second kappa shape index (κ2) is 4.77. The van der Waals surface area contributed by atoms with E-state index in [1.165, 1.54) is 19.3 Å². The van der Waals surface area contributed by atoms with Crippen LogP contribution in [-0.4, -0.2) is 35.6 Å². The molecule has 2 saturated heterocycles. The van der Waals surface area contributed by atoms with E-state index >= 15 is 0 Å². The van der Waals surface area contributed by atoms with Crippen molar-refractivity contribution < 1.29 is 14.6 Å². The molecule has 3 aliphatic rings. The lowest BCUT2D eigenvalue weighted by atomic mass is 9.65. The highest BCUT2D eigenvalue weighted by Crippen LogP contribution is 2.49. The van der Waals surface area contributed by atoms with Crippen LogP contribution in [0, 0.1) is 5.92 Å². The van der Waals surface area contributed by atoms with Crippen LogP contribution in [0.5, 0.6) is 0 Å². The van der Waals surface area contributed by atoms with Crippen LogP contribution in [0.2, 0.25) is 0 Å². The first-order chi connectivity index (χ1) is 8.66. The highest BCUT2D eigenvalue weighted by atomic mass is 16.5. The summed E-state index contributed by atoms with van der Waals surface area (Å²) in [5.74, 6) is 0.421. The van der Waals surface area contributed by atoms with Gasteiger partial charge in [-0.05, 0) is 50.9 Å². The zero-order chi connectivity index (χ0) is 12.6. The minimum absolute atomic E-state index is 0.138. The van der Waals surface area contributed by atoms with Gasteiger partial charge in [-0.25, -0.2) is 0 Å². The van der Waals surface area contributed by atoms with Gasteiger partial charge in [0.15, 0.2) is 0 Å². The van der Waals surface area contributed by atoms with Crippen LogP contribution in [-0.2, 0) is 9.47 Å². The molecule has 3 rings (SSSR count). The Morgan fingerprint density at radius 3 is 2.67 bits per heavy atom. The van der Waals surface area contributed by atoms with Gasteiger partial charge >= 0.3 is 0 Å². The van der Waals surface area contributed by atoms with Crippen molar-refractivity contribution in [3.8, 4) is 0 Å². The third-order valence-corrected chi connectivity index (χ3v) is 5.44. The van der Waals surface area contributed by atoms with Gasteiger partial charge in [0, 0.05) is 19.6 Å². The van der Waals surface area contributed by atoms with Gasteiger partial charge in [0.2, 0.25) is 0 Å². The maximum Gasteiger partial charge on any atom is 0.0724 e. The molecule has 0 aromatic heterocycles. The molecule has 0 radical (unpaired) electrons. The Balaban J connectivity index is 1.68. The van der Waals surface area contributed by atoms with E-state index in [9.17, 15) is 5.11 Å². The van der Waals surface area contributed by atoms with Crippen molar-refractivity contribution in [1.82, 2.24) is 0 Å². The molecule has 3 heteroatoms. The maximum atomic E-state index is 11.0. The molecule has 18 heavy (non-hydrogen) atoms. The average molecular weight is 254 g/mol. The summed E-state index contributed by atoms with van der Waals surface area (Å²) in [6.07, 6.45) is 8.69. The standard InChI is InChI=1S/C15H26O3/c1-2-13-11-15(16,7-9-17-13)12-4-8-18-14(10-12)5-3-6-14/h12-13,16H,2-11H2,1H3. The summed E-state index contributed by atoms with van der Waals surface area (Å²) in [4.78, 5) is 0. The highest BCUT2D eigenvalue weighted by Gasteiger charge is 2.49. The minimum atomic E-state index is -0.495. The van der Waals surface area contributed by atoms with Crippen molar-refractivity contribution in [3.05, 3.63) is 0 Å². The van der Waals surface area contributed by atoms with Crippen LogP contribution in [0.15, 0.2) is 0 Å². The summed E-state index contributed by atoms with van der Waals surface area (Å²) in [5.41, 5.74) is -0.357. The van der Waals surface area contributed by atoms with Gasteiger partial charge in [-0.15, -0.1) is 0 Å². The highest BCUT2D eigenvalue weighted by molar-refractivity contribution is 5.01. The molecule has 1 saturated carbocycles. The van der Waals surface area contributed by atoms with Crippen molar-refractivity contribution in [2.75, 3.05) is 13.2 Å². The van der Waals surface area contributed by atoms with E-state index in [4.69, 9.17) is 9.47 Å². The molecular weight excluding hydrogens is 228 g/mol. The molecule has 3 fully saturated rings. The molecule has 0 aromatic rings. The number of hydrogen-bond acceptors (Lipinski definition) is 3. The minimum Gasteiger partial charge on any atom is -0.389 e. The van der Waals surface area contributed by atoms with Gasteiger partial charge in [0.05, 0.1) is 17.3 Å². The first-order valence-corrected chi connectivity index (χ1v) is 7.64. The molecule has 0 amide bonds. The first-order valence-electron chi connectivity index (χ1n) is 7.64. The zero-order valence-corrected chi connectivity index (χ0v) is 11.5. The lowest BCUT2D eigenvalue weighted by Gasteiger charge is -2.52. The van der Waals surface area contributed by atoms with Crippen LogP contribution in [0.25, 0.3) is 0 Å². The van der Waals surface area contributed by atoms with E-state index in [1.54, 1.807) is 0 Å². The van der Waals surface area contributed by atoms with Crippen molar-refractivity contribution >= 4 is 0 Å². The van der Waals surface area contributed by atoms with E-state index in [0.29, 0.717) is 5.92 Å². The fraction of sp³-hybridized carbons (Fsp3) is 1.00. The Kier molecular flexibility index (Phi) is 3.41. The van der Waals surface area contributed by atoms with E-state index in [-0.39, 0.29) is 11.7 Å². The van der Waals surface area contributed by atoms with E-state index < -0.39 is 5.60 Å². The van der Waals surface area contributed by atoms with Gasteiger partial charge in [-0.1, -0.05) is 6.92 Å². The van der Waals surface area contributed by atoms with Crippen LogP contribution in [0.3, 0.4) is 0 Å². The summed E-state index contributed by atoms with van der Waals surface area (Å²) in [6.45, 7) is 3.71. The Morgan fingerprint density at radius 1 is 1.17 bits per heavy atom. The largest absolute Gasteiger partial charge is 0.389 e. The van der Waals surface area contributed by atoms with E-state index in [2.05, 4.69) is 6.92 Å². The lowest BCUT2D eigenvalue weighted by molar-refractivity contribution is -0.198. The summed E-state index contributed by atoms with van der Waals surface area (Å²) >= 11 is 0. The van der Waals surface area contributed by atoms with Crippen molar-refractivity contribution in [2.24, 2.45) is 5.92 Å². The predicted octanol–water partition coefficient (Wildman–Crippen LogP) is 2.66. The summed E-state index contributed by atoms with van der Waals surface area (Å²) in [6, 6.07) is 0. The lowest BCUT2D eigenvalue weighted by Crippen LogP contribution is -2.54. The summed E-state index contributed by atoms with van der Waals surface area (Å²) in [7, 11) is 0. The fourth-order valence-electron chi connectivity index (χ4n) is 4.00.